The van der Waals surface area contributed by atoms with Gasteiger partial charge in [-0.1, -0.05) is 33.6 Å². The zero-order valence-corrected chi connectivity index (χ0v) is 12.8. The van der Waals surface area contributed by atoms with E-state index in [1.165, 1.54) is 37.9 Å². The highest BCUT2D eigenvalue weighted by molar-refractivity contribution is 5.01. The van der Waals surface area contributed by atoms with Crippen molar-refractivity contribution < 1.29 is 0 Å². The lowest BCUT2D eigenvalue weighted by molar-refractivity contribution is 0.218. The highest BCUT2D eigenvalue weighted by Gasteiger charge is 2.37. The molecular formula is C16H29N3. The third-order valence-corrected chi connectivity index (χ3v) is 4.69. The molecule has 1 aromatic heterocycles. The molecule has 0 amide bonds. The van der Waals surface area contributed by atoms with E-state index < -0.39 is 0 Å². The Morgan fingerprint density at radius 3 is 2.74 bits per heavy atom. The van der Waals surface area contributed by atoms with Gasteiger partial charge in [0.2, 0.25) is 0 Å². The van der Waals surface area contributed by atoms with Crippen LogP contribution in [0, 0.1) is 5.41 Å². The number of rotatable bonds is 7. The molecule has 1 N–H and O–H groups in total. The molecule has 0 aromatic carbocycles. The topological polar surface area (TPSA) is 29.9 Å². The first-order valence-corrected chi connectivity index (χ1v) is 7.93. The van der Waals surface area contributed by atoms with E-state index >= 15 is 0 Å². The summed E-state index contributed by atoms with van der Waals surface area (Å²) in [5.41, 5.74) is 0.457. The minimum Gasteiger partial charge on any atom is -0.335 e. The quantitative estimate of drug-likeness (QED) is 0.817. The second kappa shape index (κ2) is 6.56. The molecule has 0 spiro atoms. The Kier molecular flexibility index (Phi) is 5.03. The third kappa shape index (κ3) is 3.38. The van der Waals surface area contributed by atoms with Gasteiger partial charge in [-0.3, -0.25) is 0 Å². The van der Waals surface area contributed by atoms with Crippen LogP contribution in [-0.2, 0) is 13.0 Å². The van der Waals surface area contributed by atoms with Gasteiger partial charge in [0.05, 0.1) is 0 Å². The fourth-order valence-electron chi connectivity index (χ4n) is 3.50. The van der Waals surface area contributed by atoms with Crippen molar-refractivity contribution in [2.24, 2.45) is 5.41 Å². The maximum atomic E-state index is 4.58. The molecule has 2 rings (SSSR count). The molecule has 1 heterocycles. The van der Waals surface area contributed by atoms with Gasteiger partial charge < -0.3 is 9.88 Å². The summed E-state index contributed by atoms with van der Waals surface area (Å²) >= 11 is 0. The Morgan fingerprint density at radius 2 is 2.11 bits per heavy atom. The monoisotopic (exact) mass is 263 g/mol. The molecule has 1 aliphatic rings. The van der Waals surface area contributed by atoms with E-state index in [0.717, 1.165) is 19.5 Å². The number of nitrogens with zero attached hydrogens (tertiary/aromatic N) is 2. The lowest BCUT2D eigenvalue weighted by Gasteiger charge is -2.34. The van der Waals surface area contributed by atoms with Crippen LogP contribution in [0.2, 0.25) is 0 Å². The van der Waals surface area contributed by atoms with E-state index in [2.05, 4.69) is 41.8 Å². The summed E-state index contributed by atoms with van der Waals surface area (Å²) in [4.78, 5) is 4.58. The van der Waals surface area contributed by atoms with Crippen molar-refractivity contribution in [3.05, 3.63) is 18.2 Å². The van der Waals surface area contributed by atoms with Crippen LogP contribution >= 0.6 is 0 Å². The van der Waals surface area contributed by atoms with E-state index in [9.17, 15) is 0 Å². The van der Waals surface area contributed by atoms with Gasteiger partial charge in [0.1, 0.15) is 5.82 Å². The molecule has 0 radical (unpaired) electrons. The normalized spacial score (nSPS) is 19.7. The molecule has 1 aromatic rings. The Labute approximate surface area is 117 Å². The predicted octanol–water partition coefficient (Wildman–Crippen LogP) is 3.39. The van der Waals surface area contributed by atoms with Crippen LogP contribution in [0.15, 0.2) is 12.4 Å². The molecule has 19 heavy (non-hydrogen) atoms. The van der Waals surface area contributed by atoms with Crippen molar-refractivity contribution in [3.8, 4) is 0 Å². The van der Waals surface area contributed by atoms with Crippen molar-refractivity contribution in [1.29, 1.82) is 0 Å². The second-order valence-electron chi connectivity index (χ2n) is 6.21. The Hall–Kier alpha value is -0.830. The Bertz CT molecular complexity index is 377. The lowest BCUT2D eigenvalue weighted by Crippen LogP contribution is -2.44. The molecule has 3 heteroatoms. The largest absolute Gasteiger partial charge is 0.335 e. The van der Waals surface area contributed by atoms with Gasteiger partial charge in [0.15, 0.2) is 0 Å². The number of likely N-dealkylation sites (N-methyl/N-ethyl adjacent to an activating group) is 1. The van der Waals surface area contributed by atoms with Gasteiger partial charge in [-0.25, -0.2) is 4.98 Å². The van der Waals surface area contributed by atoms with Gasteiger partial charge in [0.25, 0.3) is 0 Å². The van der Waals surface area contributed by atoms with Crippen LogP contribution in [0.3, 0.4) is 0 Å². The molecule has 0 bridgehead atoms. The van der Waals surface area contributed by atoms with E-state index in [1.54, 1.807) is 0 Å². The molecule has 1 unspecified atom stereocenters. The fourth-order valence-corrected chi connectivity index (χ4v) is 3.50. The molecule has 1 fully saturated rings. The number of nitrogens with one attached hydrogen (secondary N) is 1. The minimum atomic E-state index is 0.457. The number of hydrogen-bond acceptors (Lipinski definition) is 2. The standard InChI is InChI=1S/C16H29N3/c1-4-11-19-12-10-18-15(19)13-14(17-5-2)16(3)8-6-7-9-16/h10,12,14,17H,4-9,11,13H2,1-3H3. The van der Waals surface area contributed by atoms with Crippen LogP contribution in [0.1, 0.15) is 58.7 Å². The molecule has 108 valence electrons. The summed E-state index contributed by atoms with van der Waals surface area (Å²) in [6, 6.07) is 0.568. The summed E-state index contributed by atoms with van der Waals surface area (Å²) in [6.45, 7) is 9.04. The van der Waals surface area contributed by atoms with Crippen molar-refractivity contribution in [2.75, 3.05) is 6.54 Å². The van der Waals surface area contributed by atoms with Crippen LogP contribution in [0.5, 0.6) is 0 Å². The van der Waals surface area contributed by atoms with Gasteiger partial charge in [-0.05, 0) is 31.2 Å². The SMILES string of the molecule is CCCn1ccnc1CC(NCC)C1(C)CCCC1. The maximum absolute atomic E-state index is 4.58. The van der Waals surface area contributed by atoms with Gasteiger partial charge >= 0.3 is 0 Å². The maximum Gasteiger partial charge on any atom is 0.110 e. The predicted molar refractivity (Wildman–Crippen MR) is 80.3 cm³/mol. The molecule has 1 aliphatic carbocycles. The Morgan fingerprint density at radius 1 is 1.37 bits per heavy atom. The minimum absolute atomic E-state index is 0.457. The van der Waals surface area contributed by atoms with Crippen molar-refractivity contribution in [1.82, 2.24) is 14.9 Å². The highest BCUT2D eigenvalue weighted by atomic mass is 15.1. The van der Waals surface area contributed by atoms with Crippen LogP contribution in [-0.4, -0.2) is 22.1 Å². The summed E-state index contributed by atoms with van der Waals surface area (Å²) in [5.74, 6) is 1.25. The average Bonchev–Trinajstić information content (AvgIpc) is 3.00. The van der Waals surface area contributed by atoms with Gasteiger partial charge in [-0.2, -0.15) is 0 Å². The third-order valence-electron chi connectivity index (χ3n) is 4.69. The molecule has 1 atom stereocenters. The molecular weight excluding hydrogens is 234 g/mol. The van der Waals surface area contributed by atoms with Crippen molar-refractivity contribution >= 4 is 0 Å². The number of hydrogen-bond donors (Lipinski definition) is 1. The second-order valence-corrected chi connectivity index (χ2v) is 6.21. The molecule has 1 saturated carbocycles. The van der Waals surface area contributed by atoms with Crippen molar-refractivity contribution in [2.45, 2.75) is 71.9 Å². The first-order chi connectivity index (χ1) is 9.19. The number of aryl methyl sites for hydroxylation is 1. The molecule has 3 nitrogen and oxygen atoms in total. The fraction of sp³-hybridized carbons (Fsp3) is 0.812. The smallest absolute Gasteiger partial charge is 0.110 e. The number of aromatic nitrogens is 2. The van der Waals surface area contributed by atoms with E-state index in [-0.39, 0.29) is 0 Å². The van der Waals surface area contributed by atoms with E-state index in [0.29, 0.717) is 11.5 Å². The van der Waals surface area contributed by atoms with Gasteiger partial charge in [0, 0.05) is 31.4 Å². The zero-order valence-electron chi connectivity index (χ0n) is 12.8. The summed E-state index contributed by atoms with van der Waals surface area (Å²) in [7, 11) is 0. The van der Waals surface area contributed by atoms with Crippen molar-refractivity contribution in [3.63, 3.8) is 0 Å². The lowest BCUT2D eigenvalue weighted by atomic mass is 9.79. The van der Waals surface area contributed by atoms with Gasteiger partial charge in [-0.15, -0.1) is 0 Å². The first kappa shape index (κ1) is 14.6. The molecule has 0 aliphatic heterocycles. The van der Waals surface area contributed by atoms with Crippen LogP contribution < -0.4 is 5.32 Å². The van der Waals surface area contributed by atoms with E-state index in [1.807, 2.05) is 6.20 Å². The zero-order chi connectivity index (χ0) is 13.7. The molecule has 0 saturated heterocycles. The summed E-state index contributed by atoms with van der Waals surface area (Å²) < 4.78 is 2.32. The van der Waals surface area contributed by atoms with Crippen LogP contribution in [0.4, 0.5) is 0 Å². The summed E-state index contributed by atoms with van der Waals surface area (Å²) in [6.07, 6.45) is 11.8. The van der Waals surface area contributed by atoms with E-state index in [4.69, 9.17) is 0 Å². The average molecular weight is 263 g/mol. The Balaban J connectivity index is 2.09. The van der Waals surface area contributed by atoms with Crippen LogP contribution in [0.25, 0.3) is 0 Å². The first-order valence-electron chi connectivity index (χ1n) is 7.93. The highest BCUT2D eigenvalue weighted by Crippen LogP contribution is 2.41. The summed E-state index contributed by atoms with van der Waals surface area (Å²) in [5, 5.41) is 3.72. The number of imidazole rings is 1.